The van der Waals surface area contributed by atoms with E-state index in [4.69, 9.17) is 0 Å². The lowest BCUT2D eigenvalue weighted by atomic mass is 10.0. The quantitative estimate of drug-likeness (QED) is 0.856. The van der Waals surface area contributed by atoms with E-state index in [1.165, 1.54) is 12.1 Å². The number of halogens is 2. The van der Waals surface area contributed by atoms with Crippen molar-refractivity contribution in [3.8, 4) is 11.3 Å². The molecule has 0 aliphatic carbocycles. The number of hydrogen-bond acceptors (Lipinski definition) is 2. The van der Waals surface area contributed by atoms with Crippen molar-refractivity contribution in [2.45, 2.75) is 19.3 Å². The first kappa shape index (κ1) is 12.1. The number of fused-ring (bicyclic) bond motifs is 1. The smallest absolute Gasteiger partial charge is 0.135 e. The van der Waals surface area contributed by atoms with Gasteiger partial charge in [0.25, 0.3) is 0 Å². The SMILES string of the molecule is Cn1nc(-c2ccc(F)cc2F)c2c1NCCCC2. The van der Waals surface area contributed by atoms with Crippen molar-refractivity contribution in [3.63, 3.8) is 0 Å². The Morgan fingerprint density at radius 2 is 2.11 bits per heavy atom. The Balaban J connectivity index is 2.15. The first-order valence-corrected chi connectivity index (χ1v) is 6.42. The molecule has 0 saturated heterocycles. The topological polar surface area (TPSA) is 29.9 Å². The van der Waals surface area contributed by atoms with Gasteiger partial charge in [0.05, 0.1) is 0 Å². The van der Waals surface area contributed by atoms with Crippen LogP contribution in [0.25, 0.3) is 11.3 Å². The molecule has 1 N–H and O–H groups in total. The molecule has 2 heterocycles. The highest BCUT2D eigenvalue weighted by Gasteiger charge is 2.21. The van der Waals surface area contributed by atoms with Gasteiger partial charge in [0.15, 0.2) is 0 Å². The molecule has 0 unspecified atom stereocenters. The van der Waals surface area contributed by atoms with Crippen LogP contribution in [0.3, 0.4) is 0 Å². The number of aryl methyl sites for hydroxylation is 1. The molecule has 1 aliphatic heterocycles. The van der Waals surface area contributed by atoms with Crippen molar-refractivity contribution >= 4 is 5.82 Å². The van der Waals surface area contributed by atoms with Crippen LogP contribution in [0, 0.1) is 11.6 Å². The summed E-state index contributed by atoms with van der Waals surface area (Å²) in [5.74, 6) is -0.192. The molecular weight excluding hydrogens is 248 g/mol. The molecule has 1 aromatic heterocycles. The average molecular weight is 263 g/mol. The summed E-state index contributed by atoms with van der Waals surface area (Å²) >= 11 is 0. The van der Waals surface area contributed by atoms with E-state index in [2.05, 4.69) is 10.4 Å². The maximum absolute atomic E-state index is 13.9. The van der Waals surface area contributed by atoms with Crippen molar-refractivity contribution in [3.05, 3.63) is 35.4 Å². The summed E-state index contributed by atoms with van der Waals surface area (Å²) in [4.78, 5) is 0. The summed E-state index contributed by atoms with van der Waals surface area (Å²) in [6, 6.07) is 3.63. The minimum atomic E-state index is -0.568. The maximum atomic E-state index is 13.9. The highest BCUT2D eigenvalue weighted by Crippen LogP contribution is 2.32. The molecule has 0 spiro atoms. The lowest BCUT2D eigenvalue weighted by molar-refractivity contribution is 0.585. The van der Waals surface area contributed by atoms with Crippen molar-refractivity contribution in [2.24, 2.45) is 7.05 Å². The lowest BCUT2D eigenvalue weighted by Gasteiger charge is -2.04. The number of aromatic nitrogens is 2. The molecule has 100 valence electrons. The van der Waals surface area contributed by atoms with Gasteiger partial charge in [0, 0.05) is 30.8 Å². The normalized spacial score (nSPS) is 14.7. The summed E-state index contributed by atoms with van der Waals surface area (Å²) in [5, 5.41) is 7.70. The minimum Gasteiger partial charge on any atom is -0.370 e. The third-order valence-electron chi connectivity index (χ3n) is 3.48. The van der Waals surface area contributed by atoms with Crippen molar-refractivity contribution in [2.75, 3.05) is 11.9 Å². The molecular formula is C14H15F2N3. The Labute approximate surface area is 110 Å². The number of benzene rings is 1. The molecule has 0 fully saturated rings. The number of nitrogens with one attached hydrogen (secondary N) is 1. The third kappa shape index (κ3) is 2.09. The molecule has 0 radical (unpaired) electrons. The molecule has 1 aliphatic rings. The standard InChI is InChI=1S/C14H15F2N3/c1-19-14-11(4-2-3-7-17-14)13(18-19)10-6-5-9(15)8-12(10)16/h5-6,8,17H,2-4,7H2,1H3. The fourth-order valence-electron chi connectivity index (χ4n) is 2.56. The van der Waals surface area contributed by atoms with E-state index in [0.717, 1.165) is 43.3 Å². The van der Waals surface area contributed by atoms with E-state index in [-0.39, 0.29) is 0 Å². The van der Waals surface area contributed by atoms with Gasteiger partial charge in [-0.2, -0.15) is 5.10 Å². The highest BCUT2D eigenvalue weighted by atomic mass is 19.1. The van der Waals surface area contributed by atoms with E-state index in [1.807, 2.05) is 7.05 Å². The second kappa shape index (κ2) is 4.64. The predicted octanol–water partition coefficient (Wildman–Crippen LogP) is 3.11. The molecule has 0 atom stereocenters. The number of rotatable bonds is 1. The van der Waals surface area contributed by atoms with Gasteiger partial charge in [-0.1, -0.05) is 0 Å². The van der Waals surface area contributed by atoms with Crippen LogP contribution >= 0.6 is 0 Å². The monoisotopic (exact) mass is 263 g/mol. The molecule has 3 rings (SSSR count). The van der Waals surface area contributed by atoms with Gasteiger partial charge in [-0.15, -0.1) is 0 Å². The minimum absolute atomic E-state index is 0.363. The maximum Gasteiger partial charge on any atom is 0.135 e. The molecule has 19 heavy (non-hydrogen) atoms. The fourth-order valence-corrected chi connectivity index (χ4v) is 2.56. The predicted molar refractivity (Wildman–Crippen MR) is 70.0 cm³/mol. The summed E-state index contributed by atoms with van der Waals surface area (Å²) in [5.41, 5.74) is 2.00. The van der Waals surface area contributed by atoms with E-state index >= 15 is 0 Å². The van der Waals surface area contributed by atoms with Crippen LogP contribution in [0.1, 0.15) is 18.4 Å². The van der Waals surface area contributed by atoms with Gasteiger partial charge in [-0.3, -0.25) is 4.68 Å². The lowest BCUT2D eigenvalue weighted by Crippen LogP contribution is -2.04. The third-order valence-corrected chi connectivity index (χ3v) is 3.48. The van der Waals surface area contributed by atoms with E-state index < -0.39 is 11.6 Å². The molecule has 0 bridgehead atoms. The highest BCUT2D eigenvalue weighted by molar-refractivity contribution is 5.70. The summed E-state index contributed by atoms with van der Waals surface area (Å²) < 4.78 is 28.6. The van der Waals surface area contributed by atoms with E-state index in [9.17, 15) is 8.78 Å². The summed E-state index contributed by atoms with van der Waals surface area (Å²) in [6.45, 7) is 0.901. The van der Waals surface area contributed by atoms with Gasteiger partial charge in [0.1, 0.15) is 23.1 Å². The van der Waals surface area contributed by atoms with E-state index in [1.54, 1.807) is 4.68 Å². The zero-order valence-corrected chi connectivity index (χ0v) is 10.7. The zero-order valence-electron chi connectivity index (χ0n) is 10.7. The number of nitrogens with zero attached hydrogens (tertiary/aromatic N) is 2. The number of hydrogen-bond donors (Lipinski definition) is 1. The van der Waals surface area contributed by atoms with Crippen molar-refractivity contribution < 1.29 is 8.78 Å². The molecule has 0 saturated carbocycles. The van der Waals surface area contributed by atoms with Crippen LogP contribution in [-0.4, -0.2) is 16.3 Å². The first-order chi connectivity index (χ1) is 9.16. The van der Waals surface area contributed by atoms with Gasteiger partial charge < -0.3 is 5.32 Å². The Hall–Kier alpha value is -1.91. The molecule has 3 nitrogen and oxygen atoms in total. The van der Waals surface area contributed by atoms with Gasteiger partial charge in [-0.25, -0.2) is 8.78 Å². The second-order valence-corrected chi connectivity index (χ2v) is 4.81. The van der Waals surface area contributed by atoms with Gasteiger partial charge in [-0.05, 0) is 31.4 Å². The van der Waals surface area contributed by atoms with E-state index in [0.29, 0.717) is 11.3 Å². The van der Waals surface area contributed by atoms with Crippen LogP contribution in [0.5, 0.6) is 0 Å². The van der Waals surface area contributed by atoms with Crippen LogP contribution in [0.15, 0.2) is 18.2 Å². The Morgan fingerprint density at radius 1 is 1.26 bits per heavy atom. The number of anilines is 1. The molecule has 2 aromatic rings. The molecule has 5 heteroatoms. The van der Waals surface area contributed by atoms with Gasteiger partial charge in [0.2, 0.25) is 0 Å². The van der Waals surface area contributed by atoms with Crippen molar-refractivity contribution in [1.82, 2.24) is 9.78 Å². The Morgan fingerprint density at radius 3 is 2.89 bits per heavy atom. The largest absolute Gasteiger partial charge is 0.370 e. The summed E-state index contributed by atoms with van der Waals surface area (Å²) in [7, 11) is 1.84. The average Bonchev–Trinajstić information content (AvgIpc) is 2.56. The van der Waals surface area contributed by atoms with Crippen molar-refractivity contribution in [1.29, 1.82) is 0 Å². The van der Waals surface area contributed by atoms with Crippen LogP contribution in [0.2, 0.25) is 0 Å². The van der Waals surface area contributed by atoms with Crippen LogP contribution in [0.4, 0.5) is 14.6 Å². The van der Waals surface area contributed by atoms with Crippen LogP contribution < -0.4 is 5.32 Å². The summed E-state index contributed by atoms with van der Waals surface area (Å²) in [6.07, 6.45) is 2.99. The molecule has 0 amide bonds. The van der Waals surface area contributed by atoms with Crippen LogP contribution in [-0.2, 0) is 13.5 Å². The van der Waals surface area contributed by atoms with Gasteiger partial charge >= 0.3 is 0 Å². The second-order valence-electron chi connectivity index (χ2n) is 4.81. The molecule has 1 aromatic carbocycles. The Bertz CT molecular complexity index is 619. The zero-order chi connectivity index (χ0) is 13.4. The fraction of sp³-hybridized carbons (Fsp3) is 0.357. The first-order valence-electron chi connectivity index (χ1n) is 6.42. The Kier molecular flexibility index (Phi) is 2.97.